The van der Waals surface area contributed by atoms with E-state index in [2.05, 4.69) is 10.2 Å². The van der Waals surface area contributed by atoms with Crippen LogP contribution in [0.4, 0.5) is 5.69 Å². The van der Waals surface area contributed by atoms with Crippen molar-refractivity contribution in [2.75, 3.05) is 0 Å². The summed E-state index contributed by atoms with van der Waals surface area (Å²) < 4.78 is 0. The van der Waals surface area contributed by atoms with Crippen LogP contribution < -0.4 is 5.32 Å². The van der Waals surface area contributed by atoms with Gasteiger partial charge in [-0.1, -0.05) is 48.5 Å². The molecule has 0 saturated carbocycles. The lowest BCUT2D eigenvalue weighted by atomic mass is 9.98. The van der Waals surface area contributed by atoms with E-state index in [4.69, 9.17) is 6.57 Å². The van der Waals surface area contributed by atoms with E-state index in [0.29, 0.717) is 11.3 Å². The molecule has 1 atom stereocenters. The Labute approximate surface area is 111 Å². The van der Waals surface area contributed by atoms with Gasteiger partial charge in [0.05, 0.1) is 12.6 Å². The van der Waals surface area contributed by atoms with Crippen molar-refractivity contribution in [3.05, 3.63) is 76.6 Å². The molecule has 0 saturated heterocycles. The van der Waals surface area contributed by atoms with Crippen LogP contribution in [0.2, 0.25) is 0 Å². The molecular formula is C16H12N2O. The first kappa shape index (κ1) is 11.5. The van der Waals surface area contributed by atoms with Crippen LogP contribution in [0.3, 0.4) is 0 Å². The number of carbonyl (C=O) groups is 1. The summed E-state index contributed by atoms with van der Waals surface area (Å²) in [6.07, 6.45) is 0.751. The fourth-order valence-electron chi connectivity index (χ4n) is 2.44. The van der Waals surface area contributed by atoms with Gasteiger partial charge in [-0.3, -0.25) is 4.79 Å². The van der Waals surface area contributed by atoms with Gasteiger partial charge in [0.15, 0.2) is 5.69 Å². The number of rotatable bonds is 2. The van der Waals surface area contributed by atoms with Crippen LogP contribution in [0, 0.1) is 6.57 Å². The fourth-order valence-corrected chi connectivity index (χ4v) is 2.44. The number of amides is 1. The Balaban J connectivity index is 1.95. The summed E-state index contributed by atoms with van der Waals surface area (Å²) in [7, 11) is 0. The number of carbonyl (C=O) groups excluding carboxylic acids is 1. The van der Waals surface area contributed by atoms with Gasteiger partial charge in [0.25, 0.3) is 5.91 Å². The average molecular weight is 248 g/mol. The minimum absolute atomic E-state index is 0.0356. The lowest BCUT2D eigenvalue weighted by Crippen LogP contribution is -2.20. The molecule has 0 bridgehead atoms. The molecular weight excluding hydrogens is 236 g/mol. The van der Waals surface area contributed by atoms with Crippen LogP contribution in [0.15, 0.2) is 48.5 Å². The smallest absolute Gasteiger partial charge is 0.252 e. The Morgan fingerprint density at radius 3 is 2.68 bits per heavy atom. The normalized spacial score (nSPS) is 16.6. The summed E-state index contributed by atoms with van der Waals surface area (Å²) in [6.45, 7) is 7.06. The predicted octanol–water partition coefficient (Wildman–Crippen LogP) is 3.26. The van der Waals surface area contributed by atoms with Crippen LogP contribution in [-0.4, -0.2) is 5.91 Å². The molecule has 1 heterocycles. The molecule has 0 spiro atoms. The van der Waals surface area contributed by atoms with E-state index in [1.54, 1.807) is 12.1 Å². The summed E-state index contributed by atoms with van der Waals surface area (Å²) >= 11 is 0. The number of hydrogen-bond acceptors (Lipinski definition) is 1. The summed E-state index contributed by atoms with van der Waals surface area (Å²) in [5.74, 6) is -0.0486. The molecule has 3 heteroatoms. The molecule has 3 rings (SSSR count). The third-order valence-electron chi connectivity index (χ3n) is 3.37. The standard InChI is InChI=1S/C16H12N2O/c1-17-12-7-8-13-14(10-12)15(18-16(13)19)9-11-5-3-2-4-6-11/h2-8,10,15H,9H2,(H,18,19). The zero-order valence-corrected chi connectivity index (χ0v) is 10.3. The van der Waals surface area contributed by atoms with Crippen molar-refractivity contribution >= 4 is 11.6 Å². The summed E-state index contributed by atoms with van der Waals surface area (Å²) in [5, 5.41) is 2.98. The third kappa shape index (κ3) is 2.09. The Morgan fingerprint density at radius 2 is 1.95 bits per heavy atom. The molecule has 1 amide bonds. The summed E-state index contributed by atoms with van der Waals surface area (Å²) in [5.41, 5.74) is 3.37. The van der Waals surface area contributed by atoms with Gasteiger partial charge in [-0.2, -0.15) is 0 Å². The lowest BCUT2D eigenvalue weighted by molar-refractivity contribution is 0.0956. The quantitative estimate of drug-likeness (QED) is 0.813. The van der Waals surface area contributed by atoms with Gasteiger partial charge in [0.2, 0.25) is 0 Å². The number of hydrogen-bond donors (Lipinski definition) is 1. The molecule has 0 aliphatic carbocycles. The van der Waals surface area contributed by atoms with Gasteiger partial charge in [-0.05, 0) is 17.5 Å². The van der Waals surface area contributed by atoms with E-state index in [0.717, 1.165) is 12.0 Å². The van der Waals surface area contributed by atoms with Gasteiger partial charge in [-0.15, -0.1) is 0 Å². The first-order chi connectivity index (χ1) is 9.28. The molecule has 92 valence electrons. The molecule has 0 radical (unpaired) electrons. The minimum atomic E-state index is -0.0486. The highest BCUT2D eigenvalue weighted by Gasteiger charge is 2.28. The lowest BCUT2D eigenvalue weighted by Gasteiger charge is -2.12. The molecule has 19 heavy (non-hydrogen) atoms. The van der Waals surface area contributed by atoms with Crippen LogP contribution >= 0.6 is 0 Å². The Bertz CT molecular complexity index is 671. The first-order valence-corrected chi connectivity index (χ1v) is 6.14. The van der Waals surface area contributed by atoms with Crippen molar-refractivity contribution in [1.82, 2.24) is 5.32 Å². The average Bonchev–Trinajstić information content (AvgIpc) is 2.76. The zero-order valence-electron chi connectivity index (χ0n) is 10.3. The molecule has 1 unspecified atom stereocenters. The largest absolute Gasteiger partial charge is 0.345 e. The summed E-state index contributed by atoms with van der Waals surface area (Å²) in [4.78, 5) is 15.3. The maximum absolute atomic E-state index is 11.9. The number of fused-ring (bicyclic) bond motifs is 1. The van der Waals surface area contributed by atoms with E-state index in [1.807, 2.05) is 36.4 Å². The Hall–Kier alpha value is -2.60. The van der Waals surface area contributed by atoms with Gasteiger partial charge in [0.1, 0.15) is 0 Å². The van der Waals surface area contributed by atoms with Crippen molar-refractivity contribution in [2.45, 2.75) is 12.5 Å². The van der Waals surface area contributed by atoms with Crippen molar-refractivity contribution in [3.63, 3.8) is 0 Å². The maximum Gasteiger partial charge on any atom is 0.252 e. The minimum Gasteiger partial charge on any atom is -0.345 e. The molecule has 1 aliphatic rings. The van der Waals surface area contributed by atoms with E-state index in [9.17, 15) is 4.79 Å². The second-order valence-corrected chi connectivity index (χ2v) is 4.60. The van der Waals surface area contributed by atoms with Gasteiger partial charge in [0, 0.05) is 5.56 Å². The predicted molar refractivity (Wildman–Crippen MR) is 73.1 cm³/mol. The monoisotopic (exact) mass is 248 g/mol. The molecule has 0 fully saturated rings. The molecule has 2 aromatic rings. The van der Waals surface area contributed by atoms with Crippen LogP contribution in [0.25, 0.3) is 4.85 Å². The molecule has 1 aliphatic heterocycles. The van der Waals surface area contributed by atoms with Gasteiger partial charge >= 0.3 is 0 Å². The van der Waals surface area contributed by atoms with Crippen LogP contribution in [0.1, 0.15) is 27.5 Å². The highest BCUT2D eigenvalue weighted by molar-refractivity contribution is 5.99. The highest BCUT2D eigenvalue weighted by atomic mass is 16.2. The zero-order chi connectivity index (χ0) is 13.2. The molecule has 2 aromatic carbocycles. The van der Waals surface area contributed by atoms with E-state index in [1.165, 1.54) is 5.56 Å². The molecule has 1 N–H and O–H groups in total. The third-order valence-corrected chi connectivity index (χ3v) is 3.37. The summed E-state index contributed by atoms with van der Waals surface area (Å²) in [6, 6.07) is 15.2. The second-order valence-electron chi connectivity index (χ2n) is 4.60. The van der Waals surface area contributed by atoms with Crippen LogP contribution in [-0.2, 0) is 6.42 Å². The first-order valence-electron chi connectivity index (χ1n) is 6.14. The van der Waals surface area contributed by atoms with E-state index >= 15 is 0 Å². The van der Waals surface area contributed by atoms with Crippen molar-refractivity contribution in [3.8, 4) is 0 Å². The SMILES string of the molecule is [C-]#[N+]c1ccc2c(c1)C(Cc1ccccc1)NC2=O. The highest BCUT2D eigenvalue weighted by Crippen LogP contribution is 2.31. The van der Waals surface area contributed by atoms with E-state index in [-0.39, 0.29) is 11.9 Å². The number of nitrogens with one attached hydrogen (secondary N) is 1. The second kappa shape index (κ2) is 4.58. The number of benzene rings is 2. The van der Waals surface area contributed by atoms with Gasteiger partial charge in [-0.25, -0.2) is 4.85 Å². The maximum atomic E-state index is 11.9. The van der Waals surface area contributed by atoms with Crippen LogP contribution in [0.5, 0.6) is 0 Å². The van der Waals surface area contributed by atoms with Crippen molar-refractivity contribution in [2.24, 2.45) is 0 Å². The van der Waals surface area contributed by atoms with Gasteiger partial charge < -0.3 is 5.32 Å². The fraction of sp³-hybridized carbons (Fsp3) is 0.125. The van der Waals surface area contributed by atoms with Crippen molar-refractivity contribution in [1.29, 1.82) is 0 Å². The Kier molecular flexibility index (Phi) is 2.77. The van der Waals surface area contributed by atoms with Crippen molar-refractivity contribution < 1.29 is 4.79 Å². The number of nitrogens with zero attached hydrogens (tertiary/aromatic N) is 1. The Morgan fingerprint density at radius 1 is 1.16 bits per heavy atom. The topological polar surface area (TPSA) is 33.5 Å². The van der Waals surface area contributed by atoms with E-state index < -0.39 is 0 Å². The molecule has 0 aromatic heterocycles. The molecule has 3 nitrogen and oxygen atoms in total.